The van der Waals surface area contributed by atoms with E-state index in [0.29, 0.717) is 0 Å². The van der Waals surface area contributed by atoms with E-state index in [-0.39, 0.29) is 0 Å². The second kappa shape index (κ2) is 11.7. The van der Waals surface area contributed by atoms with Crippen LogP contribution in [-0.4, -0.2) is 9.55 Å². The second-order valence-corrected chi connectivity index (χ2v) is 13.6. The first-order valence-corrected chi connectivity index (χ1v) is 18.4. The average molecular weight is 697 g/mol. The van der Waals surface area contributed by atoms with Gasteiger partial charge in [0.1, 0.15) is 33.4 Å². The van der Waals surface area contributed by atoms with Gasteiger partial charge in [0.15, 0.2) is 5.58 Å². The van der Waals surface area contributed by atoms with Gasteiger partial charge in [-0.2, -0.15) is 0 Å². The lowest BCUT2D eigenvalue weighted by Crippen LogP contribution is -1.93. The van der Waals surface area contributed by atoms with Gasteiger partial charge in [0.2, 0.25) is 0 Å². The maximum Gasteiger partial charge on any atom is 0.153 e. The molecule has 7 aromatic carbocycles. The molecular weight excluding hydrogens is 665 g/mol. The molecule has 0 aliphatic heterocycles. The molecule has 54 heavy (non-hydrogen) atoms. The number of hydrogen-bond acceptors (Lipinski definition) is 4. The minimum Gasteiger partial charge on any atom is -0.456 e. The summed E-state index contributed by atoms with van der Waals surface area (Å²) in [5, 5.41) is 7.84. The fraction of sp³-hybridized carbons (Fsp3) is 0.0408. The van der Waals surface area contributed by atoms with Crippen molar-refractivity contribution < 1.29 is 13.3 Å². The van der Waals surface area contributed by atoms with Crippen LogP contribution in [0.15, 0.2) is 171 Å². The lowest BCUT2D eigenvalue weighted by Gasteiger charge is -2.09. The zero-order valence-electron chi connectivity index (χ0n) is 29.6. The van der Waals surface area contributed by atoms with Crippen LogP contribution in [0.2, 0.25) is 0 Å². The highest BCUT2D eigenvalue weighted by Crippen LogP contribution is 2.40. The van der Waals surface area contributed by atoms with Crippen LogP contribution in [-0.2, 0) is 0 Å². The predicted molar refractivity (Wildman–Crippen MR) is 223 cm³/mol. The van der Waals surface area contributed by atoms with E-state index in [0.717, 1.165) is 105 Å². The van der Waals surface area contributed by atoms with Crippen molar-refractivity contribution in [2.45, 2.75) is 13.8 Å². The third-order valence-corrected chi connectivity index (χ3v) is 10.7. The van der Waals surface area contributed by atoms with Gasteiger partial charge in [-0.15, -0.1) is 0 Å². The number of nitrogens with zero attached hydrogens (tertiary/aromatic N) is 2. The van der Waals surface area contributed by atoms with Crippen LogP contribution in [0.1, 0.15) is 13.8 Å². The molecule has 0 amide bonds. The number of fused-ring (bicyclic) bond motifs is 12. The van der Waals surface area contributed by atoms with Gasteiger partial charge in [-0.3, -0.25) is 4.98 Å². The minimum absolute atomic E-state index is 0.788. The predicted octanol–water partition coefficient (Wildman–Crippen LogP) is 14.2. The lowest BCUT2D eigenvalue weighted by molar-refractivity contribution is 0.668. The highest BCUT2D eigenvalue weighted by atomic mass is 16.3. The first kappa shape index (κ1) is 30.5. The van der Waals surface area contributed by atoms with E-state index in [4.69, 9.17) is 13.3 Å². The van der Waals surface area contributed by atoms with Gasteiger partial charge < -0.3 is 17.8 Å². The molecule has 5 heteroatoms. The van der Waals surface area contributed by atoms with Gasteiger partial charge in [0.05, 0.1) is 11.0 Å². The fourth-order valence-electron chi connectivity index (χ4n) is 8.20. The second-order valence-electron chi connectivity index (χ2n) is 13.6. The van der Waals surface area contributed by atoms with Crippen LogP contribution in [0.4, 0.5) is 0 Å². The van der Waals surface area contributed by atoms with Gasteiger partial charge in [0, 0.05) is 49.6 Å². The SMILES string of the molecule is CC.c1ccc2c(c1)oc1ccc(-c3ccc4c(c3)c3cc(-c5ccc6oc7ccccc7c6c5)ccc3n4-c3ccc4oc5cccnc5c4c3)cc12. The first-order valence-electron chi connectivity index (χ1n) is 18.4. The first-order chi connectivity index (χ1) is 26.7. The van der Waals surface area contributed by atoms with Crippen LogP contribution >= 0.6 is 0 Å². The number of rotatable bonds is 3. The van der Waals surface area contributed by atoms with Crippen molar-refractivity contribution >= 4 is 87.8 Å². The van der Waals surface area contributed by atoms with Crippen LogP contribution in [0.5, 0.6) is 0 Å². The summed E-state index contributed by atoms with van der Waals surface area (Å²) in [6, 6.07) is 53.4. The van der Waals surface area contributed by atoms with E-state index in [1.54, 1.807) is 0 Å². The van der Waals surface area contributed by atoms with E-state index in [9.17, 15) is 0 Å². The van der Waals surface area contributed by atoms with Crippen LogP contribution in [0.3, 0.4) is 0 Å². The van der Waals surface area contributed by atoms with E-state index in [2.05, 4.69) is 125 Å². The van der Waals surface area contributed by atoms with E-state index >= 15 is 0 Å². The fourth-order valence-corrected chi connectivity index (χ4v) is 8.20. The van der Waals surface area contributed by atoms with Crippen molar-refractivity contribution in [1.82, 2.24) is 9.55 Å². The Hall–Kier alpha value is -7.11. The molecule has 256 valence electrons. The van der Waals surface area contributed by atoms with Crippen molar-refractivity contribution in [2.24, 2.45) is 0 Å². The molecule has 0 aliphatic rings. The molecule has 12 rings (SSSR count). The van der Waals surface area contributed by atoms with Crippen LogP contribution < -0.4 is 0 Å². The highest BCUT2D eigenvalue weighted by molar-refractivity contribution is 6.13. The van der Waals surface area contributed by atoms with Crippen molar-refractivity contribution in [3.05, 3.63) is 158 Å². The summed E-state index contributed by atoms with van der Waals surface area (Å²) in [4.78, 5) is 4.66. The average Bonchev–Trinajstić information content (AvgIpc) is 3.99. The Kier molecular flexibility index (Phi) is 6.61. The standard InChI is InChI=1S/C47H26N2O3.C2H6/c1-3-8-41-32(6-1)36-24-29(13-18-43(36)50-41)27-11-16-39-34(22-27)35-23-28(30-14-19-44-37(25-30)33-7-2-4-9-42(33)51-44)12-17-40(35)49(39)31-15-20-45-38(26-31)47-46(52-45)10-5-21-48-47;1-2/h1-26H;1-2H3. The van der Waals surface area contributed by atoms with Crippen molar-refractivity contribution in [3.8, 4) is 27.9 Å². The van der Waals surface area contributed by atoms with Gasteiger partial charge in [-0.1, -0.05) is 74.5 Å². The Morgan fingerprint density at radius 1 is 0.370 bits per heavy atom. The molecule has 0 saturated heterocycles. The molecule has 0 N–H and O–H groups in total. The van der Waals surface area contributed by atoms with Gasteiger partial charge in [-0.05, 0) is 113 Å². The molecular formula is C49H32N2O3. The summed E-state index contributed by atoms with van der Waals surface area (Å²) >= 11 is 0. The summed E-state index contributed by atoms with van der Waals surface area (Å²) in [5.74, 6) is 0. The van der Waals surface area contributed by atoms with Crippen LogP contribution in [0, 0.1) is 0 Å². The number of aromatic nitrogens is 2. The Morgan fingerprint density at radius 2 is 0.815 bits per heavy atom. The molecule has 0 saturated carbocycles. The van der Waals surface area contributed by atoms with E-state index < -0.39 is 0 Å². The largest absolute Gasteiger partial charge is 0.456 e. The topological polar surface area (TPSA) is 57.2 Å². The zero-order chi connectivity index (χ0) is 35.9. The van der Waals surface area contributed by atoms with Crippen molar-refractivity contribution in [3.63, 3.8) is 0 Å². The molecule has 0 unspecified atom stereocenters. The maximum atomic E-state index is 6.16. The number of hydrogen-bond donors (Lipinski definition) is 0. The molecule has 0 spiro atoms. The molecule has 12 aromatic rings. The highest BCUT2D eigenvalue weighted by Gasteiger charge is 2.18. The van der Waals surface area contributed by atoms with Crippen molar-refractivity contribution in [1.29, 1.82) is 0 Å². The number of para-hydroxylation sites is 2. The molecule has 5 aromatic heterocycles. The summed E-state index contributed by atoms with van der Waals surface area (Å²) in [6.07, 6.45) is 1.82. The van der Waals surface area contributed by atoms with Crippen molar-refractivity contribution in [2.75, 3.05) is 0 Å². The molecule has 5 nitrogen and oxygen atoms in total. The summed E-state index contributed by atoms with van der Waals surface area (Å²) < 4.78 is 20.8. The van der Waals surface area contributed by atoms with Gasteiger partial charge in [-0.25, -0.2) is 0 Å². The monoisotopic (exact) mass is 696 g/mol. The number of pyridine rings is 1. The molecule has 0 bridgehead atoms. The quantitative estimate of drug-likeness (QED) is 0.184. The molecule has 0 radical (unpaired) electrons. The molecule has 0 aliphatic carbocycles. The van der Waals surface area contributed by atoms with E-state index in [1.165, 1.54) is 10.8 Å². The van der Waals surface area contributed by atoms with E-state index in [1.807, 2.05) is 56.4 Å². The smallest absolute Gasteiger partial charge is 0.153 e. The van der Waals surface area contributed by atoms with Crippen LogP contribution in [0.25, 0.3) is 116 Å². The minimum atomic E-state index is 0.788. The lowest BCUT2D eigenvalue weighted by atomic mass is 9.98. The third-order valence-electron chi connectivity index (χ3n) is 10.7. The summed E-state index contributed by atoms with van der Waals surface area (Å²) in [7, 11) is 0. The molecule has 0 fully saturated rings. The van der Waals surface area contributed by atoms with Gasteiger partial charge >= 0.3 is 0 Å². The summed E-state index contributed by atoms with van der Waals surface area (Å²) in [5.41, 5.74) is 14.0. The maximum absolute atomic E-state index is 6.16. The summed E-state index contributed by atoms with van der Waals surface area (Å²) in [6.45, 7) is 4.00. The molecule has 0 atom stereocenters. The molecule has 5 heterocycles. The van der Waals surface area contributed by atoms with Gasteiger partial charge in [0.25, 0.3) is 0 Å². The number of benzene rings is 7. The zero-order valence-corrected chi connectivity index (χ0v) is 29.6. The Bertz CT molecular complexity index is 3260. The number of furan rings is 3. The third kappa shape index (κ3) is 4.48. The Morgan fingerprint density at radius 3 is 1.41 bits per heavy atom. The Balaban J connectivity index is 0.00000168. The Labute approximate surface area is 309 Å². The normalized spacial score (nSPS) is 11.9.